The molecule has 0 saturated heterocycles. The van der Waals surface area contributed by atoms with Gasteiger partial charge in [-0.05, 0) is 67.1 Å². The van der Waals surface area contributed by atoms with E-state index in [9.17, 15) is 9.18 Å². The quantitative estimate of drug-likeness (QED) is 0.290. The number of fused-ring (bicyclic) bond motifs is 1. The maximum absolute atomic E-state index is 13.8. The zero-order valence-corrected chi connectivity index (χ0v) is 18.1. The molecule has 29 heavy (non-hydrogen) atoms. The number of aryl methyl sites for hydroxylation is 1. The van der Waals surface area contributed by atoms with Crippen molar-refractivity contribution in [1.82, 2.24) is 0 Å². The van der Waals surface area contributed by atoms with E-state index in [0.717, 1.165) is 14.6 Å². The predicted octanol–water partition coefficient (Wildman–Crippen LogP) is 7.14. The summed E-state index contributed by atoms with van der Waals surface area (Å²) in [7, 11) is 1.59. The molecule has 0 atom stereocenters. The third kappa shape index (κ3) is 3.91. The lowest BCUT2D eigenvalue weighted by Gasteiger charge is -2.09. The fourth-order valence-electron chi connectivity index (χ4n) is 3.01. The molecular formula is C23H16BrFO3S. The van der Waals surface area contributed by atoms with Crippen LogP contribution in [0.5, 0.6) is 17.2 Å². The highest BCUT2D eigenvalue weighted by atomic mass is 79.9. The SMILES string of the molecule is COc1ccc2c(Oc3ccc(Br)cc3)c(C(=O)c3cc(F)ccc3C)sc2c1. The van der Waals surface area contributed by atoms with Gasteiger partial charge in [-0.2, -0.15) is 0 Å². The number of halogens is 2. The van der Waals surface area contributed by atoms with Gasteiger partial charge in [0.05, 0.1) is 7.11 Å². The summed E-state index contributed by atoms with van der Waals surface area (Å²) >= 11 is 4.71. The molecular weight excluding hydrogens is 455 g/mol. The zero-order valence-electron chi connectivity index (χ0n) is 15.7. The number of rotatable bonds is 5. The van der Waals surface area contributed by atoms with E-state index in [0.29, 0.717) is 33.3 Å². The van der Waals surface area contributed by atoms with Crippen molar-refractivity contribution in [3.05, 3.63) is 87.0 Å². The Labute approximate surface area is 179 Å². The highest BCUT2D eigenvalue weighted by molar-refractivity contribution is 9.10. The van der Waals surface area contributed by atoms with Gasteiger partial charge in [0.25, 0.3) is 0 Å². The maximum Gasteiger partial charge on any atom is 0.207 e. The summed E-state index contributed by atoms with van der Waals surface area (Å²) in [6.45, 7) is 1.79. The number of ether oxygens (including phenoxy) is 2. The number of hydrogen-bond acceptors (Lipinski definition) is 4. The normalized spacial score (nSPS) is 10.9. The first-order chi connectivity index (χ1) is 14.0. The summed E-state index contributed by atoms with van der Waals surface area (Å²) < 4.78 is 27.0. The lowest BCUT2D eigenvalue weighted by Crippen LogP contribution is -2.04. The number of hydrogen-bond donors (Lipinski definition) is 0. The Balaban J connectivity index is 1.88. The zero-order chi connectivity index (χ0) is 20.5. The third-order valence-corrected chi connectivity index (χ3v) is 6.20. The van der Waals surface area contributed by atoms with Gasteiger partial charge in [0.15, 0.2) is 5.75 Å². The van der Waals surface area contributed by atoms with E-state index < -0.39 is 5.82 Å². The number of carbonyl (C=O) groups is 1. The van der Waals surface area contributed by atoms with Crippen LogP contribution in [0.15, 0.2) is 65.1 Å². The summed E-state index contributed by atoms with van der Waals surface area (Å²) in [6.07, 6.45) is 0. The molecule has 0 unspecified atom stereocenters. The number of thiophene rings is 1. The van der Waals surface area contributed by atoms with Gasteiger partial charge in [0.2, 0.25) is 5.78 Å². The van der Waals surface area contributed by atoms with E-state index in [-0.39, 0.29) is 5.78 Å². The fraction of sp³-hybridized carbons (Fsp3) is 0.0870. The summed E-state index contributed by atoms with van der Waals surface area (Å²) in [6, 6.07) is 17.2. The van der Waals surface area contributed by atoms with Crippen LogP contribution in [0.2, 0.25) is 0 Å². The van der Waals surface area contributed by atoms with E-state index in [1.54, 1.807) is 20.1 Å². The Morgan fingerprint density at radius 1 is 1.00 bits per heavy atom. The lowest BCUT2D eigenvalue weighted by atomic mass is 10.0. The molecule has 146 valence electrons. The highest BCUT2D eigenvalue weighted by Gasteiger charge is 2.23. The fourth-order valence-corrected chi connectivity index (χ4v) is 4.39. The molecule has 1 heterocycles. The molecule has 0 aliphatic rings. The summed E-state index contributed by atoms with van der Waals surface area (Å²) in [5.74, 6) is 1.04. The lowest BCUT2D eigenvalue weighted by molar-refractivity contribution is 0.103. The van der Waals surface area contributed by atoms with Gasteiger partial charge in [-0.1, -0.05) is 22.0 Å². The van der Waals surface area contributed by atoms with Crippen molar-refractivity contribution in [3.8, 4) is 17.2 Å². The third-order valence-electron chi connectivity index (χ3n) is 4.54. The average molecular weight is 471 g/mol. The van der Waals surface area contributed by atoms with Crippen LogP contribution < -0.4 is 9.47 Å². The summed E-state index contributed by atoms with van der Waals surface area (Å²) in [5, 5.41) is 0.802. The van der Waals surface area contributed by atoms with E-state index in [2.05, 4.69) is 15.9 Å². The van der Waals surface area contributed by atoms with E-state index in [1.165, 1.54) is 23.5 Å². The van der Waals surface area contributed by atoms with Crippen LogP contribution in [-0.2, 0) is 0 Å². The van der Waals surface area contributed by atoms with Crippen LogP contribution >= 0.6 is 27.3 Å². The number of carbonyl (C=O) groups excluding carboxylic acids is 1. The topological polar surface area (TPSA) is 35.5 Å². The Morgan fingerprint density at radius 2 is 1.72 bits per heavy atom. The molecule has 0 aliphatic heterocycles. The molecule has 0 spiro atoms. The van der Waals surface area contributed by atoms with Gasteiger partial charge in [0.1, 0.15) is 22.2 Å². The van der Waals surface area contributed by atoms with E-state index in [1.807, 2.05) is 42.5 Å². The first kappa shape index (κ1) is 19.6. The van der Waals surface area contributed by atoms with Gasteiger partial charge in [0, 0.05) is 20.1 Å². The number of benzene rings is 3. The van der Waals surface area contributed by atoms with Crippen LogP contribution in [0.25, 0.3) is 10.1 Å². The summed E-state index contributed by atoms with van der Waals surface area (Å²) in [4.78, 5) is 13.8. The monoisotopic (exact) mass is 470 g/mol. The van der Waals surface area contributed by atoms with Crippen LogP contribution in [-0.4, -0.2) is 12.9 Å². The molecule has 1 aromatic heterocycles. The van der Waals surface area contributed by atoms with Crippen molar-refractivity contribution < 1.29 is 18.7 Å². The number of ketones is 1. The molecule has 0 aliphatic carbocycles. The smallest absolute Gasteiger partial charge is 0.207 e. The molecule has 0 fully saturated rings. The van der Waals surface area contributed by atoms with Crippen LogP contribution in [0, 0.1) is 12.7 Å². The molecule has 3 nitrogen and oxygen atoms in total. The molecule has 0 saturated carbocycles. The first-order valence-corrected chi connectivity index (χ1v) is 10.4. The summed E-state index contributed by atoms with van der Waals surface area (Å²) in [5.41, 5.74) is 1.03. The Morgan fingerprint density at radius 3 is 2.45 bits per heavy atom. The van der Waals surface area contributed by atoms with E-state index in [4.69, 9.17) is 9.47 Å². The Kier molecular flexibility index (Phi) is 5.39. The molecule has 3 aromatic carbocycles. The highest BCUT2D eigenvalue weighted by Crippen LogP contribution is 2.43. The average Bonchev–Trinajstić information content (AvgIpc) is 3.08. The second kappa shape index (κ2) is 7.97. The minimum atomic E-state index is -0.447. The van der Waals surface area contributed by atoms with Crippen molar-refractivity contribution in [2.45, 2.75) is 6.92 Å². The second-order valence-corrected chi connectivity index (χ2v) is 8.43. The first-order valence-electron chi connectivity index (χ1n) is 8.81. The predicted molar refractivity (Wildman–Crippen MR) is 117 cm³/mol. The molecule has 6 heteroatoms. The molecule has 4 aromatic rings. The van der Waals surface area contributed by atoms with Gasteiger partial charge in [-0.3, -0.25) is 4.79 Å². The van der Waals surface area contributed by atoms with Gasteiger partial charge >= 0.3 is 0 Å². The van der Waals surface area contributed by atoms with E-state index >= 15 is 0 Å². The number of methoxy groups -OCH3 is 1. The molecule has 4 rings (SSSR count). The van der Waals surface area contributed by atoms with Crippen LogP contribution in [0.1, 0.15) is 20.8 Å². The standard InChI is InChI=1S/C23H16BrFO3S/c1-13-3-6-15(25)11-19(13)21(26)23-22(28-16-7-4-14(24)5-8-16)18-10-9-17(27-2)12-20(18)29-23/h3-12H,1-2H3. The van der Waals surface area contributed by atoms with Crippen molar-refractivity contribution >= 4 is 43.1 Å². The van der Waals surface area contributed by atoms with Crippen molar-refractivity contribution in [1.29, 1.82) is 0 Å². The molecule has 0 bridgehead atoms. The van der Waals surface area contributed by atoms with Crippen LogP contribution in [0.4, 0.5) is 4.39 Å². The minimum absolute atomic E-state index is 0.269. The minimum Gasteiger partial charge on any atom is -0.497 e. The Hall–Kier alpha value is -2.70. The van der Waals surface area contributed by atoms with Gasteiger partial charge in [-0.15, -0.1) is 11.3 Å². The van der Waals surface area contributed by atoms with Crippen LogP contribution in [0.3, 0.4) is 0 Å². The van der Waals surface area contributed by atoms with Crippen molar-refractivity contribution in [3.63, 3.8) is 0 Å². The largest absolute Gasteiger partial charge is 0.497 e. The van der Waals surface area contributed by atoms with Crippen molar-refractivity contribution in [2.24, 2.45) is 0 Å². The molecule has 0 radical (unpaired) electrons. The second-order valence-electron chi connectivity index (χ2n) is 6.47. The van der Waals surface area contributed by atoms with Gasteiger partial charge < -0.3 is 9.47 Å². The Bertz CT molecular complexity index is 1220. The molecule has 0 N–H and O–H groups in total. The maximum atomic E-state index is 13.8. The van der Waals surface area contributed by atoms with Crippen molar-refractivity contribution in [2.75, 3.05) is 7.11 Å². The molecule has 0 amide bonds. The van der Waals surface area contributed by atoms with Gasteiger partial charge in [-0.25, -0.2) is 4.39 Å².